The lowest BCUT2D eigenvalue weighted by Gasteiger charge is -2.22. The van der Waals surface area contributed by atoms with Crippen molar-refractivity contribution in [1.29, 1.82) is 5.26 Å². The van der Waals surface area contributed by atoms with Crippen LogP contribution >= 0.6 is 34.5 Å². The molecule has 1 aromatic heterocycles. The van der Waals surface area contributed by atoms with Crippen LogP contribution < -0.4 is 5.32 Å². The Kier molecular flexibility index (Phi) is 6.76. The first kappa shape index (κ1) is 23.7. The van der Waals surface area contributed by atoms with E-state index in [2.05, 4.69) is 10.5 Å². The third-order valence-electron chi connectivity index (χ3n) is 5.89. The molecule has 1 unspecified atom stereocenters. The Bertz CT molecular complexity index is 1200. The average Bonchev–Trinajstić information content (AvgIpc) is 3.49. The van der Waals surface area contributed by atoms with E-state index in [0.717, 1.165) is 41.0 Å². The molecule has 0 saturated heterocycles. The van der Waals surface area contributed by atoms with Gasteiger partial charge < -0.3 is 10.2 Å². The molecule has 2 aliphatic rings. The predicted molar refractivity (Wildman–Crippen MR) is 125 cm³/mol. The second kappa shape index (κ2) is 9.41. The summed E-state index contributed by atoms with van der Waals surface area (Å²) in [6.07, 6.45) is 3.14. The number of hydrogen-bond acceptors (Lipinski definition) is 6. The maximum absolute atomic E-state index is 13.9. The van der Waals surface area contributed by atoms with Gasteiger partial charge in [0, 0.05) is 24.8 Å². The maximum atomic E-state index is 13.9. The molecule has 172 valence electrons. The lowest BCUT2D eigenvalue weighted by Crippen LogP contribution is -2.23. The molecular formula is C23H20Cl2FN3O3S. The normalized spacial score (nSPS) is 18.9. The summed E-state index contributed by atoms with van der Waals surface area (Å²) >= 11 is 13.3. The number of halogens is 3. The summed E-state index contributed by atoms with van der Waals surface area (Å²) in [4.78, 5) is 32.0. The Morgan fingerprint density at radius 3 is 2.67 bits per heavy atom. The number of nitrogens with one attached hydrogen (secondary N) is 1. The highest BCUT2D eigenvalue weighted by Crippen LogP contribution is 2.43. The SMILES string of the molecule is CC1(c2cc(Cl)c(F)c(Cl)c2)CC(c2sc(C(=O)CCC(=O)NCC#N)c3c2CCC3)=NO1. The molecule has 6 nitrogen and oxygen atoms in total. The third kappa shape index (κ3) is 4.63. The smallest absolute Gasteiger partial charge is 0.221 e. The lowest BCUT2D eigenvalue weighted by molar-refractivity contribution is -0.120. The number of nitriles is 1. The first-order valence-corrected chi connectivity index (χ1v) is 12.0. The Morgan fingerprint density at radius 2 is 1.97 bits per heavy atom. The van der Waals surface area contributed by atoms with Crippen LogP contribution in [0, 0.1) is 17.1 Å². The molecule has 0 radical (unpaired) electrons. The molecule has 1 amide bonds. The van der Waals surface area contributed by atoms with Crippen LogP contribution in [0.3, 0.4) is 0 Å². The van der Waals surface area contributed by atoms with E-state index in [1.807, 2.05) is 13.0 Å². The molecule has 10 heteroatoms. The fraction of sp³-hybridized carbons (Fsp3) is 0.391. The van der Waals surface area contributed by atoms with E-state index in [-0.39, 0.29) is 41.1 Å². The standard InChI is InChI=1S/C23H20Cl2FN3O3S/c1-23(12-9-15(24)20(26)16(25)10-12)11-17(29-32-23)21-13-3-2-4-14(13)22(33-21)18(30)5-6-19(31)28-8-7-27/h9-10H,2-6,8,11H2,1H3,(H,28,31). The van der Waals surface area contributed by atoms with Crippen molar-refractivity contribution in [2.24, 2.45) is 5.16 Å². The van der Waals surface area contributed by atoms with Crippen LogP contribution in [0.4, 0.5) is 4.39 Å². The van der Waals surface area contributed by atoms with Gasteiger partial charge in [0.2, 0.25) is 5.91 Å². The quantitative estimate of drug-likeness (QED) is 0.311. The van der Waals surface area contributed by atoms with Crippen LogP contribution in [0.2, 0.25) is 10.0 Å². The maximum Gasteiger partial charge on any atom is 0.221 e. The molecule has 1 aliphatic heterocycles. The number of thiophene rings is 1. The minimum Gasteiger partial charge on any atom is -0.384 e. The van der Waals surface area contributed by atoms with Gasteiger partial charge in [-0.15, -0.1) is 11.3 Å². The summed E-state index contributed by atoms with van der Waals surface area (Å²) < 4.78 is 13.9. The van der Waals surface area contributed by atoms with Crippen molar-refractivity contribution in [3.8, 4) is 6.07 Å². The van der Waals surface area contributed by atoms with Crippen LogP contribution in [0.5, 0.6) is 0 Å². The number of fused-ring (bicyclic) bond motifs is 1. The molecule has 1 atom stereocenters. The van der Waals surface area contributed by atoms with Crippen molar-refractivity contribution in [2.75, 3.05) is 6.54 Å². The van der Waals surface area contributed by atoms with E-state index in [9.17, 15) is 14.0 Å². The molecular weight excluding hydrogens is 488 g/mol. The van der Waals surface area contributed by atoms with Gasteiger partial charge in [-0.1, -0.05) is 28.4 Å². The average molecular weight is 508 g/mol. The van der Waals surface area contributed by atoms with Crippen molar-refractivity contribution in [3.63, 3.8) is 0 Å². The molecule has 1 aliphatic carbocycles. The largest absolute Gasteiger partial charge is 0.384 e. The predicted octanol–water partition coefficient (Wildman–Crippen LogP) is 5.33. The summed E-state index contributed by atoms with van der Waals surface area (Å²) in [6.45, 7) is 1.76. The van der Waals surface area contributed by atoms with Gasteiger partial charge in [0.15, 0.2) is 17.2 Å². The Morgan fingerprint density at radius 1 is 1.27 bits per heavy atom. The second-order valence-corrected chi connectivity index (χ2v) is 10.1. The van der Waals surface area contributed by atoms with E-state index < -0.39 is 11.4 Å². The third-order valence-corrected chi connectivity index (χ3v) is 7.80. The highest BCUT2D eigenvalue weighted by Gasteiger charge is 2.40. The van der Waals surface area contributed by atoms with Crippen molar-refractivity contribution in [2.45, 2.75) is 51.0 Å². The highest BCUT2D eigenvalue weighted by molar-refractivity contribution is 7.16. The number of carbonyl (C=O) groups is 2. The van der Waals surface area contributed by atoms with Gasteiger partial charge in [-0.3, -0.25) is 9.59 Å². The van der Waals surface area contributed by atoms with Gasteiger partial charge in [0.05, 0.1) is 25.9 Å². The fourth-order valence-corrected chi connectivity index (χ4v) is 6.00. The minimum atomic E-state index is -0.866. The van der Waals surface area contributed by atoms with E-state index in [1.54, 1.807) is 0 Å². The van der Waals surface area contributed by atoms with Crippen molar-refractivity contribution < 1.29 is 18.8 Å². The first-order valence-electron chi connectivity index (χ1n) is 10.5. The molecule has 0 bridgehead atoms. The highest BCUT2D eigenvalue weighted by atomic mass is 35.5. The fourth-order valence-electron chi connectivity index (χ4n) is 4.17. The second-order valence-electron chi connectivity index (χ2n) is 8.22. The van der Waals surface area contributed by atoms with Gasteiger partial charge in [0.25, 0.3) is 0 Å². The summed E-state index contributed by atoms with van der Waals surface area (Å²) in [7, 11) is 0. The zero-order valence-corrected chi connectivity index (χ0v) is 20.1. The molecule has 2 aromatic rings. The molecule has 4 rings (SSSR count). The topological polar surface area (TPSA) is 91.6 Å². The molecule has 1 N–H and O–H groups in total. The number of rotatable bonds is 7. The minimum absolute atomic E-state index is 0.0384. The summed E-state index contributed by atoms with van der Waals surface area (Å²) in [5, 5.41) is 15.2. The van der Waals surface area contributed by atoms with E-state index in [1.165, 1.54) is 23.5 Å². The lowest BCUT2D eigenvalue weighted by atomic mass is 9.90. The Hall–Kier alpha value is -2.47. The molecule has 0 spiro atoms. The summed E-state index contributed by atoms with van der Waals surface area (Å²) in [6, 6.07) is 4.83. The van der Waals surface area contributed by atoms with Crippen LogP contribution in [0.15, 0.2) is 17.3 Å². The van der Waals surface area contributed by atoms with Crippen molar-refractivity contribution in [3.05, 3.63) is 54.4 Å². The number of oxime groups is 1. The zero-order chi connectivity index (χ0) is 23.8. The van der Waals surface area contributed by atoms with Crippen LogP contribution in [0.25, 0.3) is 0 Å². The Labute approximate surface area is 204 Å². The molecule has 2 heterocycles. The van der Waals surface area contributed by atoms with Crippen molar-refractivity contribution in [1.82, 2.24) is 5.32 Å². The number of Topliss-reactive ketones (excluding diaryl/α,β-unsaturated/α-hetero) is 1. The number of nitrogens with zero attached hydrogens (tertiary/aromatic N) is 2. The number of ketones is 1. The van der Waals surface area contributed by atoms with E-state index in [4.69, 9.17) is 33.3 Å². The van der Waals surface area contributed by atoms with E-state index in [0.29, 0.717) is 16.9 Å². The number of amides is 1. The molecule has 33 heavy (non-hydrogen) atoms. The van der Waals surface area contributed by atoms with Crippen LogP contribution in [0.1, 0.15) is 63.8 Å². The summed E-state index contributed by atoms with van der Waals surface area (Å²) in [5.74, 6) is -1.08. The van der Waals surface area contributed by atoms with Gasteiger partial charge in [-0.05, 0) is 49.4 Å². The van der Waals surface area contributed by atoms with Gasteiger partial charge in [-0.2, -0.15) is 5.26 Å². The van der Waals surface area contributed by atoms with Gasteiger partial charge in [-0.25, -0.2) is 4.39 Å². The molecule has 0 saturated carbocycles. The van der Waals surface area contributed by atoms with Gasteiger partial charge in [0.1, 0.15) is 12.3 Å². The molecule has 1 aromatic carbocycles. The zero-order valence-electron chi connectivity index (χ0n) is 17.8. The number of hydrogen-bond donors (Lipinski definition) is 1. The Balaban J connectivity index is 1.54. The number of carbonyl (C=O) groups excluding carboxylic acids is 2. The van der Waals surface area contributed by atoms with Crippen molar-refractivity contribution >= 4 is 51.9 Å². The van der Waals surface area contributed by atoms with Crippen LogP contribution in [-0.2, 0) is 28.1 Å². The van der Waals surface area contributed by atoms with Crippen LogP contribution in [-0.4, -0.2) is 23.9 Å². The number of benzene rings is 1. The van der Waals surface area contributed by atoms with Gasteiger partial charge >= 0.3 is 0 Å². The first-order chi connectivity index (χ1) is 15.7. The molecule has 0 fully saturated rings. The van der Waals surface area contributed by atoms with E-state index >= 15 is 0 Å². The summed E-state index contributed by atoms with van der Waals surface area (Å²) in [5.41, 5.74) is 2.61. The monoisotopic (exact) mass is 507 g/mol.